The third-order valence-electron chi connectivity index (χ3n) is 1.83. The van der Waals surface area contributed by atoms with Gasteiger partial charge >= 0.3 is 0 Å². The van der Waals surface area contributed by atoms with Crippen molar-refractivity contribution >= 4 is 28.1 Å². The molecule has 1 aliphatic carbocycles. The molecule has 0 radical (unpaired) electrons. The average molecular weight is 224 g/mol. The lowest BCUT2D eigenvalue weighted by atomic mass is 9.96. The Morgan fingerprint density at radius 2 is 2.25 bits per heavy atom. The van der Waals surface area contributed by atoms with Crippen LogP contribution in [0.25, 0.3) is 0 Å². The van der Waals surface area contributed by atoms with Crippen LogP contribution in [0, 0.1) is 0 Å². The molecule has 0 bridgehead atoms. The minimum Gasteiger partial charge on any atom is -0.267 e. The number of fused-ring (bicyclic) bond motifs is 1. The Labute approximate surface area is 78.5 Å². The molecule has 60 valence electrons. The van der Waals surface area contributed by atoms with E-state index in [1.807, 2.05) is 18.2 Å². The quantitative estimate of drug-likeness (QED) is 0.576. The van der Waals surface area contributed by atoms with E-state index in [-0.39, 0.29) is 10.7 Å². The lowest BCUT2D eigenvalue weighted by Gasteiger charge is -2.17. The highest BCUT2D eigenvalue weighted by molar-refractivity contribution is 9.09. The maximum Gasteiger partial charge on any atom is 0.277 e. The van der Waals surface area contributed by atoms with E-state index < -0.39 is 0 Å². The molecule has 1 amide bonds. The molecule has 3 heteroatoms. The average Bonchev–Trinajstić information content (AvgIpc) is 2.07. The zero-order valence-corrected chi connectivity index (χ0v) is 7.78. The van der Waals surface area contributed by atoms with Gasteiger partial charge in [0, 0.05) is 11.8 Å². The van der Waals surface area contributed by atoms with Crippen molar-refractivity contribution < 1.29 is 4.79 Å². The summed E-state index contributed by atoms with van der Waals surface area (Å²) in [4.78, 5) is 15.0. The lowest BCUT2D eigenvalue weighted by molar-refractivity contribution is -0.114. The van der Waals surface area contributed by atoms with E-state index >= 15 is 0 Å². The van der Waals surface area contributed by atoms with Crippen LogP contribution in [0.1, 0.15) is 0 Å². The molecule has 0 saturated carbocycles. The van der Waals surface area contributed by atoms with Gasteiger partial charge in [-0.2, -0.15) is 0 Å². The van der Waals surface area contributed by atoms with Gasteiger partial charge in [0.2, 0.25) is 0 Å². The summed E-state index contributed by atoms with van der Waals surface area (Å²) in [7, 11) is 0. The van der Waals surface area contributed by atoms with Crippen LogP contribution in [-0.2, 0) is 4.79 Å². The van der Waals surface area contributed by atoms with Gasteiger partial charge in [-0.25, -0.2) is 4.99 Å². The number of hydrogen-bond donors (Lipinski definition) is 0. The highest BCUT2D eigenvalue weighted by Gasteiger charge is 2.22. The molecule has 2 rings (SSSR count). The smallest absolute Gasteiger partial charge is 0.267 e. The Hall–Kier alpha value is -0.960. The summed E-state index contributed by atoms with van der Waals surface area (Å²) in [6, 6.07) is 0. The van der Waals surface area contributed by atoms with E-state index in [9.17, 15) is 4.79 Å². The van der Waals surface area contributed by atoms with Crippen LogP contribution < -0.4 is 0 Å². The zero-order valence-electron chi connectivity index (χ0n) is 6.20. The largest absolute Gasteiger partial charge is 0.277 e. The number of amides is 1. The molecule has 0 fully saturated rings. The monoisotopic (exact) mass is 223 g/mol. The molecule has 2 aliphatic rings. The fraction of sp³-hybridized carbons (Fsp3) is 0.111. The van der Waals surface area contributed by atoms with Crippen LogP contribution in [0.3, 0.4) is 0 Å². The van der Waals surface area contributed by atoms with Crippen molar-refractivity contribution in [2.45, 2.75) is 4.83 Å². The predicted octanol–water partition coefficient (Wildman–Crippen LogP) is 1.78. The first-order valence-electron chi connectivity index (χ1n) is 3.60. The maximum absolute atomic E-state index is 11.2. The molecule has 0 aromatic heterocycles. The molecule has 1 atom stereocenters. The van der Waals surface area contributed by atoms with E-state index in [1.54, 1.807) is 12.3 Å². The second-order valence-electron chi connectivity index (χ2n) is 2.57. The topological polar surface area (TPSA) is 29.4 Å². The molecule has 12 heavy (non-hydrogen) atoms. The molecule has 2 nitrogen and oxygen atoms in total. The first kappa shape index (κ1) is 7.68. The summed E-state index contributed by atoms with van der Waals surface area (Å²) in [5.74, 6) is -0.152. The van der Waals surface area contributed by atoms with Gasteiger partial charge < -0.3 is 0 Å². The summed E-state index contributed by atoms with van der Waals surface area (Å²) in [6.45, 7) is 0. The summed E-state index contributed by atoms with van der Waals surface area (Å²) in [6.07, 6.45) is 9.05. The lowest BCUT2D eigenvalue weighted by Crippen LogP contribution is -2.15. The predicted molar refractivity (Wildman–Crippen MR) is 51.5 cm³/mol. The van der Waals surface area contributed by atoms with E-state index in [2.05, 4.69) is 20.9 Å². The van der Waals surface area contributed by atoms with Crippen LogP contribution in [-0.4, -0.2) is 16.9 Å². The van der Waals surface area contributed by atoms with Gasteiger partial charge in [0.05, 0.1) is 4.83 Å². The molecule has 0 aromatic rings. The van der Waals surface area contributed by atoms with Crippen molar-refractivity contribution in [2.75, 3.05) is 0 Å². The van der Waals surface area contributed by atoms with Crippen LogP contribution in [0.15, 0.2) is 40.4 Å². The second-order valence-corrected chi connectivity index (χ2v) is 3.56. The summed E-state index contributed by atoms with van der Waals surface area (Å²) in [5.41, 5.74) is 1.69. The Balaban J connectivity index is 2.50. The SMILES string of the molecule is O=C1N=CC=C2C1=CC=CC2Br. The molecule has 1 aliphatic heterocycles. The fourth-order valence-corrected chi connectivity index (χ4v) is 1.80. The van der Waals surface area contributed by atoms with Gasteiger partial charge in [0.25, 0.3) is 5.91 Å². The third kappa shape index (κ3) is 1.10. The van der Waals surface area contributed by atoms with Crippen LogP contribution in [0.4, 0.5) is 0 Å². The van der Waals surface area contributed by atoms with Crippen molar-refractivity contribution in [3.63, 3.8) is 0 Å². The van der Waals surface area contributed by atoms with E-state index in [0.717, 1.165) is 5.57 Å². The Morgan fingerprint density at radius 3 is 3.00 bits per heavy atom. The molecule has 0 N–H and O–H groups in total. The minimum atomic E-state index is -0.152. The Kier molecular flexibility index (Phi) is 1.81. The second kappa shape index (κ2) is 2.83. The van der Waals surface area contributed by atoms with E-state index in [4.69, 9.17) is 0 Å². The summed E-state index contributed by atoms with van der Waals surface area (Å²) in [5, 5.41) is 0. The first-order chi connectivity index (χ1) is 5.79. The number of alkyl halides is 1. The van der Waals surface area contributed by atoms with Gasteiger partial charge in [-0.3, -0.25) is 4.79 Å². The van der Waals surface area contributed by atoms with Gasteiger partial charge in [0.1, 0.15) is 0 Å². The highest BCUT2D eigenvalue weighted by Crippen LogP contribution is 2.27. The first-order valence-corrected chi connectivity index (χ1v) is 4.52. The van der Waals surface area contributed by atoms with Crippen molar-refractivity contribution in [1.29, 1.82) is 0 Å². The Bertz CT molecular complexity index is 350. The zero-order chi connectivity index (χ0) is 8.55. The molecule has 1 heterocycles. The molecule has 0 saturated heterocycles. The summed E-state index contributed by atoms with van der Waals surface area (Å²) >= 11 is 3.45. The van der Waals surface area contributed by atoms with Gasteiger partial charge in [0.15, 0.2) is 0 Å². The van der Waals surface area contributed by atoms with Gasteiger partial charge in [-0.05, 0) is 17.7 Å². The number of dihydropyridines is 1. The maximum atomic E-state index is 11.2. The number of carbonyl (C=O) groups is 1. The van der Waals surface area contributed by atoms with Crippen molar-refractivity contribution in [3.05, 3.63) is 35.5 Å². The normalized spacial score (nSPS) is 26.4. The molecule has 0 aromatic carbocycles. The standard InChI is InChI=1S/C9H6BrNO/c10-8-3-1-2-7-6(8)4-5-11-9(7)12/h1-5,8H. The molecular formula is C9H6BrNO. The number of aliphatic imine (C=N–C) groups is 1. The van der Waals surface area contributed by atoms with Crippen LogP contribution >= 0.6 is 15.9 Å². The number of rotatable bonds is 0. The number of hydrogen-bond acceptors (Lipinski definition) is 1. The van der Waals surface area contributed by atoms with Crippen molar-refractivity contribution in [3.8, 4) is 0 Å². The van der Waals surface area contributed by atoms with Gasteiger partial charge in [-0.1, -0.05) is 28.1 Å². The van der Waals surface area contributed by atoms with E-state index in [0.29, 0.717) is 5.57 Å². The van der Waals surface area contributed by atoms with Gasteiger partial charge in [-0.15, -0.1) is 0 Å². The Morgan fingerprint density at radius 1 is 1.42 bits per heavy atom. The van der Waals surface area contributed by atoms with Crippen molar-refractivity contribution in [2.24, 2.45) is 4.99 Å². The summed E-state index contributed by atoms with van der Waals surface area (Å²) < 4.78 is 0. The van der Waals surface area contributed by atoms with Crippen LogP contribution in [0.2, 0.25) is 0 Å². The van der Waals surface area contributed by atoms with E-state index in [1.165, 1.54) is 0 Å². The third-order valence-corrected chi connectivity index (χ3v) is 2.63. The number of halogens is 1. The molecule has 0 spiro atoms. The van der Waals surface area contributed by atoms with Crippen LogP contribution in [0.5, 0.6) is 0 Å². The number of nitrogens with zero attached hydrogens (tertiary/aromatic N) is 1. The minimum absolute atomic E-state index is 0.146. The number of allylic oxidation sites excluding steroid dienone is 4. The number of carbonyl (C=O) groups excluding carboxylic acids is 1. The molecular weight excluding hydrogens is 218 g/mol. The van der Waals surface area contributed by atoms with Crippen molar-refractivity contribution in [1.82, 2.24) is 0 Å². The molecule has 1 unspecified atom stereocenters. The fourth-order valence-electron chi connectivity index (χ4n) is 1.23. The highest BCUT2D eigenvalue weighted by atomic mass is 79.9.